The van der Waals surface area contributed by atoms with Gasteiger partial charge in [0.1, 0.15) is 5.58 Å². The Morgan fingerprint density at radius 2 is 1.78 bits per heavy atom. The summed E-state index contributed by atoms with van der Waals surface area (Å²) in [7, 11) is 0. The molecule has 0 aliphatic carbocycles. The molecule has 4 heteroatoms. The number of imidazole rings is 1. The molecule has 23 heavy (non-hydrogen) atoms. The van der Waals surface area contributed by atoms with Crippen LogP contribution in [0, 0.1) is 0 Å². The van der Waals surface area contributed by atoms with Gasteiger partial charge in [0, 0.05) is 17.8 Å². The molecule has 112 valence electrons. The molecule has 2 heterocycles. The Morgan fingerprint density at radius 3 is 2.57 bits per heavy atom. The van der Waals surface area contributed by atoms with Crippen LogP contribution in [0.5, 0.6) is 0 Å². The summed E-state index contributed by atoms with van der Waals surface area (Å²) in [6.07, 6.45) is 5.37. The largest absolute Gasteiger partial charge is 0.422 e. The molecule has 0 spiro atoms. The first-order chi connectivity index (χ1) is 11.3. The number of para-hydroxylation sites is 1. The van der Waals surface area contributed by atoms with E-state index >= 15 is 0 Å². The van der Waals surface area contributed by atoms with Crippen LogP contribution >= 0.6 is 0 Å². The van der Waals surface area contributed by atoms with Crippen LogP contribution in [0.25, 0.3) is 22.1 Å². The van der Waals surface area contributed by atoms with E-state index in [1.807, 2.05) is 65.4 Å². The lowest BCUT2D eigenvalue weighted by Crippen LogP contribution is -2.10. The van der Waals surface area contributed by atoms with Crippen molar-refractivity contribution >= 4 is 11.0 Å². The molecule has 4 aromatic rings. The Morgan fingerprint density at radius 1 is 1.00 bits per heavy atom. The average Bonchev–Trinajstić information content (AvgIpc) is 3.09. The van der Waals surface area contributed by atoms with Gasteiger partial charge in [-0.05, 0) is 17.2 Å². The Kier molecular flexibility index (Phi) is 3.27. The second kappa shape index (κ2) is 5.57. The third kappa shape index (κ3) is 2.44. The molecule has 0 atom stereocenters. The van der Waals surface area contributed by atoms with Crippen LogP contribution in [0.2, 0.25) is 0 Å². The van der Waals surface area contributed by atoms with Gasteiger partial charge in [0.25, 0.3) is 0 Å². The molecule has 0 bridgehead atoms. The number of nitrogens with zero attached hydrogens (tertiary/aromatic N) is 2. The topological polar surface area (TPSA) is 48.0 Å². The molecule has 0 saturated heterocycles. The molecule has 4 nitrogen and oxygen atoms in total. The molecule has 0 radical (unpaired) electrons. The number of fused-ring (bicyclic) bond motifs is 1. The fraction of sp³-hybridized carbons (Fsp3) is 0.0526. The summed E-state index contributed by atoms with van der Waals surface area (Å²) in [5, 5.41) is 0.944. The number of hydrogen-bond acceptors (Lipinski definition) is 3. The van der Waals surface area contributed by atoms with Gasteiger partial charge in [-0.1, -0.05) is 48.5 Å². The fourth-order valence-electron chi connectivity index (χ4n) is 2.84. The van der Waals surface area contributed by atoms with E-state index in [4.69, 9.17) is 4.42 Å². The summed E-state index contributed by atoms with van der Waals surface area (Å²) in [6, 6.07) is 17.3. The third-order valence-corrected chi connectivity index (χ3v) is 3.88. The van der Waals surface area contributed by atoms with Crippen LogP contribution in [0.4, 0.5) is 0 Å². The van der Waals surface area contributed by atoms with Crippen LogP contribution in [0.15, 0.2) is 82.5 Å². The predicted molar refractivity (Wildman–Crippen MR) is 89.2 cm³/mol. The Bertz CT molecular complexity index is 1000. The summed E-state index contributed by atoms with van der Waals surface area (Å²) in [5.41, 5.74) is 2.71. The highest BCUT2D eigenvalue weighted by molar-refractivity contribution is 5.86. The minimum atomic E-state index is -0.315. The van der Waals surface area contributed by atoms with E-state index in [1.165, 1.54) is 0 Å². The van der Waals surface area contributed by atoms with Gasteiger partial charge in [-0.3, -0.25) is 0 Å². The van der Waals surface area contributed by atoms with Gasteiger partial charge in [0.05, 0.1) is 18.4 Å². The zero-order valence-electron chi connectivity index (χ0n) is 12.3. The number of rotatable bonds is 3. The first kappa shape index (κ1) is 13.5. The lowest BCUT2D eigenvalue weighted by molar-refractivity contribution is 0.560. The molecular weight excluding hydrogens is 288 g/mol. The van der Waals surface area contributed by atoms with E-state index in [1.54, 1.807) is 12.5 Å². The maximum absolute atomic E-state index is 12.6. The number of aromatic nitrogens is 2. The van der Waals surface area contributed by atoms with Crippen LogP contribution in [-0.4, -0.2) is 9.55 Å². The van der Waals surface area contributed by atoms with Crippen molar-refractivity contribution in [3.05, 3.63) is 89.3 Å². The van der Waals surface area contributed by atoms with E-state index in [-0.39, 0.29) is 5.63 Å². The van der Waals surface area contributed by atoms with Crippen molar-refractivity contribution in [3.8, 4) is 11.1 Å². The van der Waals surface area contributed by atoms with Crippen LogP contribution in [0.3, 0.4) is 0 Å². The maximum Gasteiger partial charge on any atom is 0.344 e. The first-order valence-electron chi connectivity index (χ1n) is 7.39. The molecule has 4 rings (SSSR count). The van der Waals surface area contributed by atoms with Gasteiger partial charge < -0.3 is 8.98 Å². The Hall–Kier alpha value is -3.14. The Balaban J connectivity index is 2.04. The molecule has 0 aliphatic rings. The van der Waals surface area contributed by atoms with E-state index in [2.05, 4.69) is 4.98 Å². The summed E-state index contributed by atoms with van der Waals surface area (Å²) in [4.78, 5) is 16.7. The molecule has 2 aromatic heterocycles. The first-order valence-corrected chi connectivity index (χ1v) is 7.39. The zero-order chi connectivity index (χ0) is 15.6. The van der Waals surface area contributed by atoms with E-state index < -0.39 is 0 Å². The minimum Gasteiger partial charge on any atom is -0.422 e. The van der Waals surface area contributed by atoms with Crippen molar-refractivity contribution in [1.29, 1.82) is 0 Å². The summed E-state index contributed by atoms with van der Waals surface area (Å²) in [6.45, 7) is 0.566. The van der Waals surface area contributed by atoms with Gasteiger partial charge >= 0.3 is 5.63 Å². The summed E-state index contributed by atoms with van der Waals surface area (Å²) in [5.74, 6) is 0. The SMILES string of the molecule is O=c1oc2ccccc2c(Cn2ccnc2)c1-c1ccccc1. The van der Waals surface area contributed by atoms with Crippen LogP contribution in [0.1, 0.15) is 5.56 Å². The lowest BCUT2D eigenvalue weighted by Gasteiger charge is -2.12. The molecule has 0 fully saturated rings. The lowest BCUT2D eigenvalue weighted by atomic mass is 9.98. The van der Waals surface area contributed by atoms with Crippen molar-refractivity contribution in [3.63, 3.8) is 0 Å². The molecule has 0 unspecified atom stereocenters. The van der Waals surface area contributed by atoms with Gasteiger partial charge in [0.15, 0.2) is 0 Å². The van der Waals surface area contributed by atoms with Crippen molar-refractivity contribution in [1.82, 2.24) is 9.55 Å². The normalized spacial score (nSPS) is 11.0. The molecule has 0 saturated carbocycles. The number of benzene rings is 2. The van der Waals surface area contributed by atoms with Gasteiger partial charge in [0.2, 0.25) is 0 Å². The standard InChI is InChI=1S/C19H14N2O2/c22-19-18(14-6-2-1-3-7-14)16(12-21-11-10-20-13-21)15-8-4-5-9-17(15)23-19/h1-11,13H,12H2. The fourth-order valence-corrected chi connectivity index (χ4v) is 2.84. The van der Waals surface area contributed by atoms with E-state index in [0.717, 1.165) is 16.5 Å². The van der Waals surface area contributed by atoms with Gasteiger partial charge in [-0.2, -0.15) is 0 Å². The zero-order valence-corrected chi connectivity index (χ0v) is 12.3. The second-order valence-electron chi connectivity index (χ2n) is 5.34. The van der Waals surface area contributed by atoms with Crippen LogP contribution < -0.4 is 5.63 Å². The van der Waals surface area contributed by atoms with Gasteiger partial charge in [-0.25, -0.2) is 9.78 Å². The molecule has 0 amide bonds. The van der Waals surface area contributed by atoms with E-state index in [9.17, 15) is 4.79 Å². The van der Waals surface area contributed by atoms with Crippen molar-refractivity contribution in [2.24, 2.45) is 0 Å². The highest BCUT2D eigenvalue weighted by atomic mass is 16.4. The highest BCUT2D eigenvalue weighted by Crippen LogP contribution is 2.27. The highest BCUT2D eigenvalue weighted by Gasteiger charge is 2.16. The molecule has 0 aliphatic heterocycles. The monoisotopic (exact) mass is 302 g/mol. The smallest absolute Gasteiger partial charge is 0.344 e. The number of hydrogen-bond donors (Lipinski definition) is 0. The predicted octanol–water partition coefficient (Wildman–Crippen LogP) is 3.70. The van der Waals surface area contributed by atoms with E-state index in [0.29, 0.717) is 17.7 Å². The van der Waals surface area contributed by atoms with Crippen molar-refractivity contribution in [2.75, 3.05) is 0 Å². The Labute approximate surface area is 132 Å². The van der Waals surface area contributed by atoms with Gasteiger partial charge in [-0.15, -0.1) is 0 Å². The maximum atomic E-state index is 12.6. The molecular formula is C19H14N2O2. The van der Waals surface area contributed by atoms with Crippen LogP contribution in [-0.2, 0) is 6.54 Å². The average molecular weight is 302 g/mol. The molecule has 2 aromatic carbocycles. The third-order valence-electron chi connectivity index (χ3n) is 3.88. The van der Waals surface area contributed by atoms with Crippen molar-refractivity contribution < 1.29 is 4.42 Å². The molecule has 0 N–H and O–H groups in total. The summed E-state index contributed by atoms with van der Waals surface area (Å²) < 4.78 is 7.48. The quantitative estimate of drug-likeness (QED) is 0.542. The second-order valence-corrected chi connectivity index (χ2v) is 5.34. The minimum absolute atomic E-state index is 0.315. The summed E-state index contributed by atoms with van der Waals surface area (Å²) >= 11 is 0. The van der Waals surface area contributed by atoms with Crippen molar-refractivity contribution in [2.45, 2.75) is 6.54 Å².